The van der Waals surface area contributed by atoms with Crippen LogP contribution in [0.2, 0.25) is 0 Å². The predicted molar refractivity (Wildman–Crippen MR) is 85.8 cm³/mol. The number of rotatable bonds is 9. The number of hydrogen-bond acceptors (Lipinski definition) is 0. The van der Waals surface area contributed by atoms with E-state index in [0.717, 1.165) is 17.8 Å². The van der Waals surface area contributed by atoms with Crippen LogP contribution in [-0.2, 0) is 0 Å². The maximum atomic E-state index is 2.49. The van der Waals surface area contributed by atoms with Gasteiger partial charge in [-0.3, -0.25) is 0 Å². The van der Waals surface area contributed by atoms with E-state index in [1.165, 1.54) is 31.3 Å². The van der Waals surface area contributed by atoms with Crippen molar-refractivity contribution >= 4 is 7.26 Å². The van der Waals surface area contributed by atoms with Crippen LogP contribution in [0, 0.1) is 17.8 Å². The Kier molecular flexibility index (Phi) is 8.73. The summed E-state index contributed by atoms with van der Waals surface area (Å²) in [5, 5.41) is 0. The van der Waals surface area contributed by atoms with Crippen LogP contribution in [0.5, 0.6) is 0 Å². The Bertz CT molecular complexity index is 182. The summed E-state index contributed by atoms with van der Waals surface area (Å²) in [4.78, 5) is 0. The molecule has 104 valence electrons. The Morgan fingerprint density at radius 3 is 1.76 bits per heavy atom. The molecule has 0 rings (SSSR count). The van der Waals surface area contributed by atoms with Crippen molar-refractivity contribution in [1.29, 1.82) is 0 Å². The van der Waals surface area contributed by atoms with Crippen LogP contribution in [-0.4, -0.2) is 24.6 Å². The molecular formula is C16H36P+. The molecule has 0 aromatic carbocycles. The fraction of sp³-hybridized carbons (Fsp3) is 1.00. The highest BCUT2D eigenvalue weighted by Crippen LogP contribution is 2.60. The molecule has 0 nitrogen and oxygen atoms in total. The first-order valence-corrected chi connectivity index (χ1v) is 10.3. The quantitative estimate of drug-likeness (QED) is 0.461. The molecule has 0 aromatic rings. The lowest BCUT2D eigenvalue weighted by atomic mass is 9.89. The first-order valence-electron chi connectivity index (χ1n) is 7.75. The summed E-state index contributed by atoms with van der Waals surface area (Å²) in [5.74, 6) is 2.68. The Hall–Kier alpha value is 0.430. The molecule has 0 spiro atoms. The van der Waals surface area contributed by atoms with E-state index in [-0.39, 0.29) is 0 Å². The minimum absolute atomic E-state index is 0.601. The summed E-state index contributed by atoms with van der Waals surface area (Å²) in [6.45, 7) is 16.9. The van der Waals surface area contributed by atoms with Crippen LogP contribution in [0.1, 0.15) is 61.3 Å². The van der Waals surface area contributed by atoms with Crippen LogP contribution < -0.4 is 0 Å². The van der Waals surface area contributed by atoms with E-state index in [1.54, 1.807) is 6.16 Å². The molecule has 0 saturated heterocycles. The molecule has 2 atom stereocenters. The van der Waals surface area contributed by atoms with Crippen molar-refractivity contribution in [2.45, 2.75) is 61.3 Å². The van der Waals surface area contributed by atoms with Crippen molar-refractivity contribution in [1.82, 2.24) is 0 Å². The molecule has 0 amide bonds. The first-order chi connectivity index (χ1) is 7.90. The first kappa shape index (κ1) is 17.4. The van der Waals surface area contributed by atoms with E-state index in [4.69, 9.17) is 0 Å². The lowest BCUT2D eigenvalue weighted by Gasteiger charge is -2.29. The zero-order valence-corrected chi connectivity index (χ0v) is 14.3. The summed E-state index contributed by atoms with van der Waals surface area (Å²) in [6, 6.07) is 0. The minimum atomic E-state index is -0.601. The standard InChI is InChI=1S/C16H36P/c1-8-11-17(9-2,10-3)13-15(6)12-16(7)14(4)5/h14-16H,8-13H2,1-7H3/q+1. The SMILES string of the molecule is CCC[P+](CC)(CC)CC(C)CC(C)C(C)C. The average Bonchev–Trinajstić information content (AvgIpc) is 2.28. The highest BCUT2D eigenvalue weighted by Gasteiger charge is 2.34. The molecule has 0 aliphatic carbocycles. The molecule has 0 N–H and O–H groups in total. The topological polar surface area (TPSA) is 0 Å². The Morgan fingerprint density at radius 2 is 1.41 bits per heavy atom. The molecule has 0 saturated carbocycles. The van der Waals surface area contributed by atoms with Gasteiger partial charge in [0, 0.05) is 7.26 Å². The maximum absolute atomic E-state index is 2.49. The third-order valence-electron chi connectivity index (χ3n) is 4.65. The molecule has 0 aliphatic rings. The largest absolute Gasteiger partial charge is 0.0625 e. The molecule has 0 aromatic heterocycles. The zero-order chi connectivity index (χ0) is 13.5. The van der Waals surface area contributed by atoms with Gasteiger partial charge >= 0.3 is 0 Å². The second kappa shape index (κ2) is 8.52. The van der Waals surface area contributed by atoms with Gasteiger partial charge in [-0.15, -0.1) is 0 Å². The summed E-state index contributed by atoms with van der Waals surface area (Å²) in [7, 11) is -0.601. The Balaban J connectivity index is 4.34. The van der Waals surface area contributed by atoms with E-state index >= 15 is 0 Å². The van der Waals surface area contributed by atoms with Crippen molar-refractivity contribution in [3.63, 3.8) is 0 Å². The molecular weight excluding hydrogens is 223 g/mol. The van der Waals surface area contributed by atoms with Gasteiger partial charge in [0.15, 0.2) is 0 Å². The zero-order valence-electron chi connectivity index (χ0n) is 13.4. The van der Waals surface area contributed by atoms with Gasteiger partial charge in [-0.2, -0.15) is 0 Å². The average molecular weight is 259 g/mol. The van der Waals surface area contributed by atoms with Gasteiger partial charge in [-0.25, -0.2) is 0 Å². The van der Waals surface area contributed by atoms with Crippen LogP contribution in [0.25, 0.3) is 0 Å². The van der Waals surface area contributed by atoms with Gasteiger partial charge in [0.05, 0.1) is 24.6 Å². The van der Waals surface area contributed by atoms with Gasteiger partial charge < -0.3 is 0 Å². The van der Waals surface area contributed by atoms with Gasteiger partial charge in [-0.1, -0.05) is 34.6 Å². The predicted octanol–water partition coefficient (Wildman–Crippen LogP) is 5.77. The van der Waals surface area contributed by atoms with E-state index in [2.05, 4.69) is 48.5 Å². The summed E-state index contributed by atoms with van der Waals surface area (Å²) < 4.78 is 0. The normalized spacial score (nSPS) is 16.2. The van der Waals surface area contributed by atoms with Gasteiger partial charge in [0.2, 0.25) is 0 Å². The monoisotopic (exact) mass is 259 g/mol. The molecule has 2 unspecified atom stereocenters. The molecule has 0 aliphatic heterocycles. The maximum Gasteiger partial charge on any atom is 0.0619 e. The molecule has 1 heteroatoms. The summed E-state index contributed by atoms with van der Waals surface area (Å²) in [6.07, 6.45) is 8.84. The highest BCUT2D eigenvalue weighted by molar-refractivity contribution is 7.75. The lowest BCUT2D eigenvalue weighted by Crippen LogP contribution is -2.18. The Morgan fingerprint density at radius 1 is 0.882 bits per heavy atom. The van der Waals surface area contributed by atoms with Crippen molar-refractivity contribution in [3.05, 3.63) is 0 Å². The fourth-order valence-corrected chi connectivity index (χ4v) is 7.20. The highest BCUT2D eigenvalue weighted by atomic mass is 31.2. The Labute approximate surface area is 111 Å². The van der Waals surface area contributed by atoms with Crippen molar-refractivity contribution in [2.24, 2.45) is 17.8 Å². The lowest BCUT2D eigenvalue weighted by molar-refractivity contribution is 0.345. The van der Waals surface area contributed by atoms with Gasteiger partial charge in [0.25, 0.3) is 0 Å². The van der Waals surface area contributed by atoms with Gasteiger partial charge in [-0.05, 0) is 44.4 Å². The van der Waals surface area contributed by atoms with Crippen LogP contribution in [0.3, 0.4) is 0 Å². The molecule has 0 fully saturated rings. The van der Waals surface area contributed by atoms with E-state index in [9.17, 15) is 0 Å². The van der Waals surface area contributed by atoms with Crippen molar-refractivity contribution in [2.75, 3.05) is 24.6 Å². The van der Waals surface area contributed by atoms with Crippen molar-refractivity contribution < 1.29 is 0 Å². The molecule has 0 heterocycles. The molecule has 0 bridgehead atoms. The van der Waals surface area contributed by atoms with Crippen LogP contribution >= 0.6 is 7.26 Å². The van der Waals surface area contributed by atoms with Crippen LogP contribution in [0.4, 0.5) is 0 Å². The molecule has 17 heavy (non-hydrogen) atoms. The van der Waals surface area contributed by atoms with E-state index in [1.807, 2.05) is 0 Å². The second-order valence-corrected chi connectivity index (χ2v) is 11.2. The van der Waals surface area contributed by atoms with Gasteiger partial charge in [0.1, 0.15) is 0 Å². The third kappa shape index (κ3) is 6.23. The van der Waals surface area contributed by atoms with Crippen LogP contribution in [0.15, 0.2) is 0 Å². The van der Waals surface area contributed by atoms with Crippen molar-refractivity contribution in [3.8, 4) is 0 Å². The second-order valence-electron chi connectivity index (χ2n) is 6.44. The fourth-order valence-electron chi connectivity index (χ4n) is 3.01. The van der Waals surface area contributed by atoms with E-state index in [0.29, 0.717) is 0 Å². The summed E-state index contributed by atoms with van der Waals surface area (Å²) in [5.41, 5.74) is 0. The smallest absolute Gasteiger partial charge is 0.0619 e. The van der Waals surface area contributed by atoms with E-state index < -0.39 is 7.26 Å². The number of hydrogen-bond donors (Lipinski definition) is 0. The summed E-state index contributed by atoms with van der Waals surface area (Å²) >= 11 is 0. The minimum Gasteiger partial charge on any atom is -0.0625 e. The molecule has 0 radical (unpaired) electrons. The third-order valence-corrected chi connectivity index (χ3v) is 10.1.